The molecule has 0 aliphatic rings. The van der Waals surface area contributed by atoms with Crippen molar-refractivity contribution in [1.82, 2.24) is 15.3 Å². The number of hydrogen-bond donors (Lipinski definition) is 2. The normalized spacial score (nSPS) is 11.5. The number of aromatic amines is 1. The molecule has 6 nitrogen and oxygen atoms in total. The van der Waals surface area contributed by atoms with Crippen LogP contribution >= 0.6 is 11.6 Å². The number of aromatic nitrogens is 2. The molecule has 0 bridgehead atoms. The predicted octanol–water partition coefficient (Wildman–Crippen LogP) is 4.12. The van der Waals surface area contributed by atoms with E-state index in [-0.39, 0.29) is 27.3 Å². The molecule has 2 N–H and O–H groups in total. The zero-order valence-electron chi connectivity index (χ0n) is 15.4. The van der Waals surface area contributed by atoms with E-state index in [0.717, 1.165) is 23.0 Å². The largest absolute Gasteiger partial charge is 0.350 e. The summed E-state index contributed by atoms with van der Waals surface area (Å²) in [4.78, 5) is 19.2. The number of hydrogen-bond acceptors (Lipinski definition) is 4. The number of halogens is 2. The second-order valence-electron chi connectivity index (χ2n) is 6.58. The molecule has 0 saturated carbocycles. The Balaban J connectivity index is 1.47. The minimum atomic E-state index is -3.91. The van der Waals surface area contributed by atoms with Gasteiger partial charge in [0.15, 0.2) is 0 Å². The van der Waals surface area contributed by atoms with Gasteiger partial charge in [-0.2, -0.15) is 0 Å². The molecule has 0 fully saturated rings. The first-order valence-electron chi connectivity index (χ1n) is 8.84. The number of benzene rings is 2. The fourth-order valence-corrected chi connectivity index (χ4v) is 4.58. The topological polar surface area (TPSA) is 91.9 Å². The third-order valence-electron chi connectivity index (χ3n) is 4.50. The van der Waals surface area contributed by atoms with Crippen LogP contribution < -0.4 is 5.32 Å². The molecule has 0 saturated heterocycles. The zero-order chi connectivity index (χ0) is 21.3. The molecule has 0 aliphatic carbocycles. The lowest BCUT2D eigenvalue weighted by atomic mass is 10.2. The lowest BCUT2D eigenvalue weighted by molar-refractivity contribution is 0.0946. The minimum Gasteiger partial charge on any atom is -0.350 e. The summed E-state index contributed by atoms with van der Waals surface area (Å²) < 4.78 is 38.9. The highest BCUT2D eigenvalue weighted by Crippen LogP contribution is 2.25. The molecule has 2 aromatic carbocycles. The quantitative estimate of drug-likeness (QED) is 0.485. The van der Waals surface area contributed by atoms with Gasteiger partial charge in [-0.3, -0.25) is 9.78 Å². The van der Waals surface area contributed by atoms with Crippen molar-refractivity contribution >= 4 is 38.2 Å². The molecule has 152 valence electrons. The Bertz CT molecular complexity index is 1300. The van der Waals surface area contributed by atoms with E-state index >= 15 is 0 Å². The van der Waals surface area contributed by atoms with Crippen LogP contribution in [0.4, 0.5) is 4.39 Å². The second-order valence-corrected chi connectivity index (χ2v) is 8.97. The predicted molar refractivity (Wildman–Crippen MR) is 111 cm³/mol. The maximum absolute atomic E-state index is 13.5. The van der Waals surface area contributed by atoms with Crippen molar-refractivity contribution in [3.8, 4) is 0 Å². The Morgan fingerprint density at radius 2 is 1.83 bits per heavy atom. The van der Waals surface area contributed by atoms with Crippen LogP contribution in [0, 0.1) is 5.82 Å². The molecule has 0 spiro atoms. The van der Waals surface area contributed by atoms with Crippen molar-refractivity contribution in [1.29, 1.82) is 0 Å². The van der Waals surface area contributed by atoms with Gasteiger partial charge in [-0.1, -0.05) is 23.7 Å². The van der Waals surface area contributed by atoms with E-state index in [2.05, 4.69) is 15.3 Å². The molecule has 1 amide bonds. The van der Waals surface area contributed by atoms with E-state index in [1.54, 1.807) is 36.7 Å². The third-order valence-corrected chi connectivity index (χ3v) is 6.47. The molecule has 9 heteroatoms. The Morgan fingerprint density at radius 3 is 2.53 bits per heavy atom. The number of fused-ring (bicyclic) bond motifs is 1. The molecular formula is C21H15ClFN3O3S. The van der Waals surface area contributed by atoms with Crippen LogP contribution in [-0.2, 0) is 16.4 Å². The van der Waals surface area contributed by atoms with Crippen LogP contribution in [0.1, 0.15) is 16.1 Å². The highest BCUT2D eigenvalue weighted by molar-refractivity contribution is 7.91. The van der Waals surface area contributed by atoms with E-state index < -0.39 is 15.7 Å². The number of pyridine rings is 1. The number of sulfone groups is 1. The Kier molecular flexibility index (Phi) is 5.27. The Morgan fingerprint density at radius 1 is 1.07 bits per heavy atom. The van der Waals surface area contributed by atoms with E-state index in [4.69, 9.17) is 11.6 Å². The van der Waals surface area contributed by atoms with Crippen LogP contribution in [0.5, 0.6) is 0 Å². The fraction of sp³-hybridized carbons (Fsp3) is 0.0476. The van der Waals surface area contributed by atoms with Crippen LogP contribution in [-0.4, -0.2) is 24.3 Å². The third kappa shape index (κ3) is 4.05. The van der Waals surface area contributed by atoms with Crippen molar-refractivity contribution in [2.45, 2.75) is 16.3 Å². The van der Waals surface area contributed by atoms with E-state index in [0.29, 0.717) is 11.3 Å². The first-order valence-corrected chi connectivity index (χ1v) is 10.7. The minimum absolute atomic E-state index is 0.000617. The van der Waals surface area contributed by atoms with E-state index in [1.807, 2.05) is 0 Å². The molecule has 0 radical (unpaired) electrons. The van der Waals surface area contributed by atoms with Gasteiger partial charge < -0.3 is 10.3 Å². The Hall–Kier alpha value is -3.23. The fourth-order valence-electron chi connectivity index (χ4n) is 2.98. The van der Waals surface area contributed by atoms with Gasteiger partial charge in [0.2, 0.25) is 9.84 Å². The summed E-state index contributed by atoms with van der Waals surface area (Å²) in [6.45, 7) is 0.207. The van der Waals surface area contributed by atoms with E-state index in [9.17, 15) is 17.6 Å². The van der Waals surface area contributed by atoms with Crippen molar-refractivity contribution in [2.75, 3.05) is 0 Å². The van der Waals surface area contributed by atoms with Crippen molar-refractivity contribution < 1.29 is 17.6 Å². The summed E-state index contributed by atoms with van der Waals surface area (Å²) in [5.41, 5.74) is 1.92. The van der Waals surface area contributed by atoms with Gasteiger partial charge in [-0.25, -0.2) is 12.8 Å². The number of amides is 1. The number of carbonyl (C=O) groups is 1. The first-order chi connectivity index (χ1) is 14.3. The van der Waals surface area contributed by atoms with Crippen LogP contribution in [0.25, 0.3) is 10.9 Å². The molecule has 4 rings (SSSR count). The van der Waals surface area contributed by atoms with Gasteiger partial charge in [0.1, 0.15) is 11.5 Å². The Labute approximate surface area is 176 Å². The molecule has 2 heterocycles. The van der Waals surface area contributed by atoms with Gasteiger partial charge in [-0.05, 0) is 48.0 Å². The maximum atomic E-state index is 13.5. The molecule has 4 aromatic rings. The van der Waals surface area contributed by atoms with Gasteiger partial charge in [0.05, 0.1) is 9.79 Å². The molecule has 0 aliphatic heterocycles. The van der Waals surface area contributed by atoms with Gasteiger partial charge in [-0.15, -0.1) is 0 Å². The molecule has 0 atom stereocenters. The average Bonchev–Trinajstić information content (AvgIpc) is 3.16. The number of rotatable bonds is 5. The van der Waals surface area contributed by atoms with Crippen molar-refractivity contribution in [3.63, 3.8) is 0 Å². The summed E-state index contributed by atoms with van der Waals surface area (Å²) in [7, 11) is -3.91. The van der Waals surface area contributed by atoms with Crippen LogP contribution in [0.3, 0.4) is 0 Å². The van der Waals surface area contributed by atoms with Gasteiger partial charge in [0.25, 0.3) is 5.91 Å². The molecule has 0 unspecified atom stereocenters. The first kappa shape index (κ1) is 20.1. The number of nitrogens with one attached hydrogen (secondary N) is 2. The highest BCUT2D eigenvalue weighted by Gasteiger charge is 2.19. The van der Waals surface area contributed by atoms with Crippen LogP contribution in [0.2, 0.25) is 5.02 Å². The van der Waals surface area contributed by atoms with Gasteiger partial charge in [0, 0.05) is 34.9 Å². The zero-order valence-corrected chi connectivity index (χ0v) is 17.0. The summed E-state index contributed by atoms with van der Waals surface area (Å²) in [5, 5.41) is 3.60. The van der Waals surface area contributed by atoms with E-state index in [1.165, 1.54) is 18.2 Å². The molecule has 30 heavy (non-hydrogen) atoms. The summed E-state index contributed by atoms with van der Waals surface area (Å²) >= 11 is 5.77. The monoisotopic (exact) mass is 443 g/mol. The summed E-state index contributed by atoms with van der Waals surface area (Å²) in [6, 6.07) is 12.6. The maximum Gasteiger partial charge on any atom is 0.267 e. The van der Waals surface area contributed by atoms with Crippen molar-refractivity contribution in [3.05, 3.63) is 89.1 Å². The lowest BCUT2D eigenvalue weighted by Crippen LogP contribution is -2.23. The molecule has 2 aromatic heterocycles. The summed E-state index contributed by atoms with van der Waals surface area (Å²) in [5.74, 6) is -1.02. The average molecular weight is 444 g/mol. The van der Waals surface area contributed by atoms with Crippen molar-refractivity contribution in [2.24, 2.45) is 0 Å². The molecular weight excluding hydrogens is 429 g/mol. The van der Waals surface area contributed by atoms with Crippen LogP contribution in [0.15, 0.2) is 76.8 Å². The highest BCUT2D eigenvalue weighted by atomic mass is 35.5. The number of nitrogens with zero attached hydrogens (tertiary/aromatic N) is 1. The summed E-state index contributed by atoms with van der Waals surface area (Å²) in [6.07, 6.45) is 3.29. The second kappa shape index (κ2) is 7.89. The lowest BCUT2D eigenvalue weighted by Gasteiger charge is -2.08. The SMILES string of the molecule is O=C(NCc1ccc(S(=O)(=O)c2cc(F)cc(Cl)c2)cc1)c1cc2cnccc2[nH]1. The number of H-pyrrole nitrogens is 1. The standard InChI is InChI=1S/C21H15ClFN3O3S/c22-15-8-16(23)10-18(9-15)30(28,29)17-3-1-13(2-4-17)11-25-21(27)20-7-14-12-24-6-5-19(14)26-20/h1-10,12,26H,11H2,(H,25,27). The van der Waals surface area contributed by atoms with Gasteiger partial charge >= 0.3 is 0 Å². The number of carbonyl (C=O) groups excluding carboxylic acids is 1. The smallest absolute Gasteiger partial charge is 0.267 e.